The molecule has 0 spiro atoms. The summed E-state index contributed by atoms with van der Waals surface area (Å²) in [5.74, 6) is 0. The molecule has 0 aliphatic carbocycles. The first kappa shape index (κ1) is 18.7. The largest absolute Gasteiger partial charge is 0.411 e. The highest BCUT2D eigenvalue weighted by molar-refractivity contribution is 5.00. The van der Waals surface area contributed by atoms with Gasteiger partial charge in [-0.1, -0.05) is 13.8 Å². The van der Waals surface area contributed by atoms with Gasteiger partial charge in [0.2, 0.25) is 0 Å². The fourth-order valence-electron chi connectivity index (χ4n) is 3.03. The minimum absolute atomic E-state index is 0.0423. The molecule has 1 saturated heterocycles. The van der Waals surface area contributed by atoms with E-state index in [-0.39, 0.29) is 17.7 Å². The molecule has 0 saturated carbocycles. The van der Waals surface area contributed by atoms with Gasteiger partial charge in [0.1, 0.15) is 6.61 Å². The third-order valence-corrected chi connectivity index (χ3v) is 4.45. The van der Waals surface area contributed by atoms with Crippen LogP contribution in [-0.2, 0) is 4.74 Å². The fraction of sp³-hybridized carbons (Fsp3) is 1.00. The van der Waals surface area contributed by atoms with E-state index in [9.17, 15) is 13.2 Å². The Bertz CT molecular complexity index is 315. The number of nitrogens with one attached hydrogen (secondary N) is 1. The molecule has 1 rings (SSSR count). The fourth-order valence-corrected chi connectivity index (χ4v) is 3.03. The molecule has 6 heteroatoms. The number of ether oxygens (including phenoxy) is 1. The zero-order valence-electron chi connectivity index (χ0n) is 13.6. The predicted octanol–water partition coefficient (Wildman–Crippen LogP) is 3.20. The van der Waals surface area contributed by atoms with Crippen molar-refractivity contribution in [2.45, 2.75) is 64.2 Å². The van der Waals surface area contributed by atoms with Crippen LogP contribution in [0.1, 0.15) is 47.0 Å². The molecule has 0 unspecified atom stereocenters. The number of rotatable bonds is 7. The van der Waals surface area contributed by atoms with Crippen molar-refractivity contribution >= 4 is 0 Å². The Balaban J connectivity index is 2.48. The molecule has 1 aliphatic heterocycles. The van der Waals surface area contributed by atoms with Gasteiger partial charge in [-0.15, -0.1) is 0 Å². The number of alkyl halides is 3. The van der Waals surface area contributed by atoms with E-state index < -0.39 is 12.8 Å². The Labute approximate surface area is 126 Å². The zero-order valence-corrected chi connectivity index (χ0v) is 13.6. The molecule has 1 heterocycles. The molecule has 3 nitrogen and oxygen atoms in total. The van der Waals surface area contributed by atoms with E-state index in [0.717, 1.165) is 32.5 Å². The lowest BCUT2D eigenvalue weighted by atomic mass is 9.84. The van der Waals surface area contributed by atoms with Gasteiger partial charge in [-0.05, 0) is 33.1 Å². The third kappa shape index (κ3) is 5.75. The minimum Gasteiger partial charge on any atom is -0.372 e. The molecule has 1 N–H and O–H groups in total. The number of hydrogen-bond donors (Lipinski definition) is 1. The molecule has 0 aromatic heterocycles. The van der Waals surface area contributed by atoms with Crippen LogP contribution in [0.4, 0.5) is 13.2 Å². The standard InChI is InChI=1S/C15H29F3N2O/c1-5-14(6-2)10-19-13(3,4)11-20(14)8-7-9-21-12-15(16,17)18/h19H,5-12H2,1-4H3. The lowest BCUT2D eigenvalue weighted by Gasteiger charge is -2.52. The lowest BCUT2D eigenvalue weighted by molar-refractivity contribution is -0.174. The van der Waals surface area contributed by atoms with Crippen molar-refractivity contribution in [2.75, 3.05) is 32.8 Å². The summed E-state index contributed by atoms with van der Waals surface area (Å²) in [6.07, 6.45) is -1.52. The second-order valence-electron chi connectivity index (χ2n) is 6.61. The van der Waals surface area contributed by atoms with Gasteiger partial charge in [0.25, 0.3) is 0 Å². The number of halogens is 3. The van der Waals surface area contributed by atoms with Crippen molar-refractivity contribution in [3.05, 3.63) is 0 Å². The van der Waals surface area contributed by atoms with Crippen molar-refractivity contribution in [1.82, 2.24) is 10.2 Å². The van der Waals surface area contributed by atoms with Crippen molar-refractivity contribution < 1.29 is 17.9 Å². The Morgan fingerprint density at radius 3 is 2.33 bits per heavy atom. The van der Waals surface area contributed by atoms with E-state index in [1.54, 1.807) is 0 Å². The topological polar surface area (TPSA) is 24.5 Å². The summed E-state index contributed by atoms with van der Waals surface area (Å²) in [5, 5.41) is 3.58. The smallest absolute Gasteiger partial charge is 0.372 e. The summed E-state index contributed by atoms with van der Waals surface area (Å²) in [7, 11) is 0. The Morgan fingerprint density at radius 1 is 1.19 bits per heavy atom. The van der Waals surface area contributed by atoms with Crippen LogP contribution < -0.4 is 5.32 Å². The van der Waals surface area contributed by atoms with Gasteiger partial charge in [0, 0.05) is 37.3 Å². The molecule has 126 valence electrons. The second kappa shape index (κ2) is 7.29. The SMILES string of the molecule is CCC1(CC)CNC(C)(C)CN1CCCOCC(F)(F)F. The minimum atomic E-state index is -4.23. The van der Waals surface area contributed by atoms with Crippen molar-refractivity contribution in [3.8, 4) is 0 Å². The average Bonchev–Trinajstić information content (AvgIpc) is 2.37. The molecular weight excluding hydrogens is 281 g/mol. The summed E-state index contributed by atoms with van der Waals surface area (Å²) >= 11 is 0. The van der Waals surface area contributed by atoms with Gasteiger partial charge in [0.05, 0.1) is 0 Å². The Kier molecular flexibility index (Phi) is 6.50. The quantitative estimate of drug-likeness (QED) is 0.731. The van der Waals surface area contributed by atoms with Crippen LogP contribution in [-0.4, -0.2) is 55.0 Å². The molecule has 0 radical (unpaired) electrons. The van der Waals surface area contributed by atoms with Gasteiger partial charge in [-0.25, -0.2) is 0 Å². The average molecular weight is 310 g/mol. The van der Waals surface area contributed by atoms with Crippen molar-refractivity contribution in [2.24, 2.45) is 0 Å². The van der Waals surface area contributed by atoms with E-state index >= 15 is 0 Å². The Hall–Kier alpha value is -0.330. The normalized spacial score (nSPS) is 22.4. The molecular formula is C15H29F3N2O. The van der Waals surface area contributed by atoms with Gasteiger partial charge in [-0.3, -0.25) is 4.90 Å². The van der Waals surface area contributed by atoms with E-state index in [1.807, 2.05) is 0 Å². The van der Waals surface area contributed by atoms with Crippen LogP contribution in [0.5, 0.6) is 0 Å². The van der Waals surface area contributed by atoms with E-state index in [0.29, 0.717) is 6.42 Å². The van der Waals surface area contributed by atoms with Gasteiger partial charge < -0.3 is 10.1 Å². The molecule has 0 bridgehead atoms. The number of piperazine rings is 1. The van der Waals surface area contributed by atoms with Crippen molar-refractivity contribution in [1.29, 1.82) is 0 Å². The van der Waals surface area contributed by atoms with Crippen LogP contribution in [0.2, 0.25) is 0 Å². The van der Waals surface area contributed by atoms with E-state index in [2.05, 4.69) is 37.9 Å². The molecule has 0 aromatic carbocycles. The highest BCUT2D eigenvalue weighted by atomic mass is 19.4. The van der Waals surface area contributed by atoms with E-state index in [1.165, 1.54) is 0 Å². The molecule has 1 aliphatic rings. The molecule has 0 atom stereocenters. The first-order valence-corrected chi connectivity index (χ1v) is 7.79. The van der Waals surface area contributed by atoms with Crippen LogP contribution in [0.3, 0.4) is 0 Å². The second-order valence-corrected chi connectivity index (χ2v) is 6.61. The summed E-state index contributed by atoms with van der Waals surface area (Å²) in [6, 6.07) is 0. The van der Waals surface area contributed by atoms with Crippen LogP contribution >= 0.6 is 0 Å². The molecule has 21 heavy (non-hydrogen) atoms. The van der Waals surface area contributed by atoms with Gasteiger partial charge >= 0.3 is 6.18 Å². The maximum absolute atomic E-state index is 12.0. The van der Waals surface area contributed by atoms with Crippen LogP contribution in [0.25, 0.3) is 0 Å². The first-order chi connectivity index (χ1) is 9.64. The van der Waals surface area contributed by atoms with Crippen molar-refractivity contribution in [3.63, 3.8) is 0 Å². The van der Waals surface area contributed by atoms with E-state index in [4.69, 9.17) is 4.74 Å². The molecule has 1 fully saturated rings. The number of hydrogen-bond acceptors (Lipinski definition) is 3. The Morgan fingerprint density at radius 2 is 1.81 bits per heavy atom. The lowest BCUT2D eigenvalue weighted by Crippen LogP contribution is -2.68. The van der Waals surface area contributed by atoms with Crippen LogP contribution in [0, 0.1) is 0 Å². The monoisotopic (exact) mass is 310 g/mol. The summed E-state index contributed by atoms with van der Waals surface area (Å²) in [4.78, 5) is 2.43. The van der Waals surface area contributed by atoms with Crippen LogP contribution in [0.15, 0.2) is 0 Å². The summed E-state index contributed by atoms with van der Waals surface area (Å²) in [6.45, 7) is 10.3. The maximum atomic E-state index is 12.0. The summed E-state index contributed by atoms with van der Waals surface area (Å²) in [5.41, 5.74) is 0.153. The predicted molar refractivity (Wildman–Crippen MR) is 78.5 cm³/mol. The third-order valence-electron chi connectivity index (χ3n) is 4.45. The molecule has 0 amide bonds. The zero-order chi connectivity index (χ0) is 16.1. The highest BCUT2D eigenvalue weighted by Gasteiger charge is 2.41. The molecule has 0 aromatic rings. The highest BCUT2D eigenvalue weighted by Crippen LogP contribution is 2.30. The van der Waals surface area contributed by atoms with Gasteiger partial charge in [0.15, 0.2) is 0 Å². The maximum Gasteiger partial charge on any atom is 0.411 e. The summed E-state index contributed by atoms with van der Waals surface area (Å²) < 4.78 is 40.8. The first-order valence-electron chi connectivity index (χ1n) is 7.79. The van der Waals surface area contributed by atoms with Gasteiger partial charge in [-0.2, -0.15) is 13.2 Å². The number of nitrogens with zero attached hydrogens (tertiary/aromatic N) is 1.